The molecule has 0 amide bonds. The van der Waals surface area contributed by atoms with Gasteiger partial charge in [-0.15, -0.1) is 0 Å². The van der Waals surface area contributed by atoms with Crippen molar-refractivity contribution < 1.29 is 4.74 Å². The minimum Gasteiger partial charge on any atom is -0.481 e. The summed E-state index contributed by atoms with van der Waals surface area (Å²) in [6.45, 7) is 1.99. The summed E-state index contributed by atoms with van der Waals surface area (Å²) < 4.78 is 8.92. The molecule has 0 N–H and O–H groups in total. The van der Waals surface area contributed by atoms with Crippen molar-refractivity contribution in [1.82, 2.24) is 14.0 Å². The Morgan fingerprint density at radius 3 is 2.43 bits per heavy atom. The first-order valence-corrected chi connectivity index (χ1v) is 9.14. The van der Waals surface area contributed by atoms with Gasteiger partial charge in [-0.25, -0.2) is 9.78 Å². The molecule has 0 radical (unpaired) electrons. The molecule has 28 heavy (non-hydrogen) atoms. The number of fused-ring (bicyclic) bond motifs is 5. The number of aryl methyl sites for hydroxylation is 2. The normalized spacial score (nSPS) is 11.5. The van der Waals surface area contributed by atoms with Crippen LogP contribution < -0.4 is 10.4 Å². The third kappa shape index (κ3) is 2.13. The number of methoxy groups -OCH3 is 1. The van der Waals surface area contributed by atoms with E-state index in [2.05, 4.69) is 18.2 Å². The fraction of sp³-hybridized carbons (Fsp3) is 0.130. The van der Waals surface area contributed by atoms with E-state index in [-0.39, 0.29) is 5.69 Å². The first-order valence-electron chi connectivity index (χ1n) is 9.14. The lowest BCUT2D eigenvalue weighted by Crippen LogP contribution is -2.24. The zero-order valence-corrected chi connectivity index (χ0v) is 15.9. The Morgan fingerprint density at radius 2 is 1.68 bits per heavy atom. The molecule has 0 unspecified atom stereocenters. The van der Waals surface area contributed by atoms with Crippen LogP contribution in [0.5, 0.6) is 5.88 Å². The fourth-order valence-corrected chi connectivity index (χ4v) is 4.08. The summed E-state index contributed by atoms with van der Waals surface area (Å²) >= 11 is 0. The highest BCUT2D eigenvalue weighted by atomic mass is 16.5. The molecule has 138 valence electrons. The van der Waals surface area contributed by atoms with E-state index in [1.807, 2.05) is 56.4 Å². The number of rotatable bonds is 2. The van der Waals surface area contributed by atoms with Gasteiger partial charge < -0.3 is 4.74 Å². The Morgan fingerprint density at radius 1 is 0.964 bits per heavy atom. The zero-order chi connectivity index (χ0) is 19.4. The third-order valence-corrected chi connectivity index (χ3v) is 5.35. The number of benzene rings is 2. The van der Waals surface area contributed by atoms with Gasteiger partial charge in [0.05, 0.1) is 23.7 Å². The molecule has 0 spiro atoms. The lowest BCUT2D eigenvalue weighted by Gasteiger charge is -2.09. The van der Waals surface area contributed by atoms with E-state index >= 15 is 0 Å². The second-order valence-corrected chi connectivity index (χ2v) is 6.96. The molecule has 3 aromatic heterocycles. The standard InChI is InChI=1S/C23H19N3O2/c1-14-13-18(28-3)24-20-19(15-9-5-4-6-10-15)22-16-11-7-8-12-17(16)25(2)23(27)26(22)21(14)20/h4-13H,1-3H3. The fourth-order valence-electron chi connectivity index (χ4n) is 4.08. The summed E-state index contributed by atoms with van der Waals surface area (Å²) in [6.07, 6.45) is 0. The number of hydrogen-bond donors (Lipinski definition) is 0. The molecule has 5 nitrogen and oxygen atoms in total. The SMILES string of the molecule is COc1cc(C)c2c(n1)c(-c1ccccc1)c1c3ccccc3n(C)c(=O)n21. The van der Waals surface area contributed by atoms with E-state index in [4.69, 9.17) is 9.72 Å². The Labute approximate surface area is 161 Å². The van der Waals surface area contributed by atoms with Gasteiger partial charge in [0, 0.05) is 24.1 Å². The second kappa shape index (κ2) is 5.96. The largest absolute Gasteiger partial charge is 0.481 e. The van der Waals surface area contributed by atoms with Gasteiger partial charge in [-0.2, -0.15) is 0 Å². The lowest BCUT2D eigenvalue weighted by atomic mass is 10.0. The van der Waals surface area contributed by atoms with Crippen LogP contribution in [0.4, 0.5) is 0 Å². The minimum atomic E-state index is -0.0871. The number of nitrogens with zero attached hydrogens (tertiary/aromatic N) is 3. The van der Waals surface area contributed by atoms with Crippen molar-refractivity contribution in [2.75, 3.05) is 7.11 Å². The highest BCUT2D eigenvalue weighted by Crippen LogP contribution is 2.38. The number of pyridine rings is 1. The van der Waals surface area contributed by atoms with Crippen molar-refractivity contribution >= 4 is 27.5 Å². The number of aromatic nitrogens is 3. The van der Waals surface area contributed by atoms with Gasteiger partial charge in [-0.05, 0) is 24.1 Å². The summed E-state index contributed by atoms with van der Waals surface area (Å²) in [5.74, 6) is 0.541. The Hall–Kier alpha value is -3.60. The summed E-state index contributed by atoms with van der Waals surface area (Å²) in [6, 6.07) is 20.0. The molecule has 0 atom stereocenters. The van der Waals surface area contributed by atoms with Crippen LogP contribution in [0.3, 0.4) is 0 Å². The Kier molecular flexibility index (Phi) is 3.52. The van der Waals surface area contributed by atoms with Crippen molar-refractivity contribution in [2.45, 2.75) is 6.92 Å². The van der Waals surface area contributed by atoms with Crippen LogP contribution in [0.2, 0.25) is 0 Å². The summed E-state index contributed by atoms with van der Waals surface area (Å²) in [5.41, 5.74) is 6.20. The van der Waals surface area contributed by atoms with Crippen LogP contribution in [0, 0.1) is 6.92 Å². The lowest BCUT2D eigenvalue weighted by molar-refractivity contribution is 0.399. The molecule has 0 saturated carbocycles. The molecule has 0 aliphatic heterocycles. The van der Waals surface area contributed by atoms with Crippen molar-refractivity contribution in [2.24, 2.45) is 7.05 Å². The molecule has 0 saturated heterocycles. The quantitative estimate of drug-likeness (QED) is 0.465. The van der Waals surface area contributed by atoms with Crippen LogP contribution in [0.15, 0.2) is 65.5 Å². The van der Waals surface area contributed by atoms with E-state index in [0.717, 1.165) is 44.1 Å². The molecule has 2 aromatic carbocycles. The number of ether oxygens (including phenoxy) is 1. The van der Waals surface area contributed by atoms with Crippen LogP contribution in [-0.4, -0.2) is 21.1 Å². The smallest absolute Gasteiger partial charge is 0.333 e. The van der Waals surface area contributed by atoms with Crippen molar-refractivity contribution in [3.05, 3.63) is 76.7 Å². The maximum absolute atomic E-state index is 13.4. The monoisotopic (exact) mass is 369 g/mol. The molecule has 0 bridgehead atoms. The number of para-hydroxylation sites is 1. The highest BCUT2D eigenvalue weighted by Gasteiger charge is 2.22. The molecule has 5 aromatic rings. The van der Waals surface area contributed by atoms with Gasteiger partial charge in [-0.3, -0.25) is 8.97 Å². The van der Waals surface area contributed by atoms with E-state index in [1.165, 1.54) is 0 Å². The predicted octanol–water partition coefficient (Wildman–Crippen LogP) is 4.32. The minimum absolute atomic E-state index is 0.0871. The van der Waals surface area contributed by atoms with E-state index in [9.17, 15) is 4.79 Å². The molecule has 0 aliphatic carbocycles. The van der Waals surface area contributed by atoms with Gasteiger partial charge in [0.2, 0.25) is 5.88 Å². The van der Waals surface area contributed by atoms with Gasteiger partial charge in [0.1, 0.15) is 5.52 Å². The average Bonchev–Trinajstić information content (AvgIpc) is 3.08. The summed E-state index contributed by atoms with van der Waals surface area (Å²) in [4.78, 5) is 18.1. The highest BCUT2D eigenvalue weighted by molar-refractivity contribution is 6.13. The molecule has 0 aliphatic rings. The first-order chi connectivity index (χ1) is 13.6. The van der Waals surface area contributed by atoms with E-state index in [1.54, 1.807) is 16.1 Å². The van der Waals surface area contributed by atoms with E-state index in [0.29, 0.717) is 5.88 Å². The maximum Gasteiger partial charge on any atom is 0.333 e. The van der Waals surface area contributed by atoms with E-state index < -0.39 is 0 Å². The van der Waals surface area contributed by atoms with Gasteiger partial charge in [0.15, 0.2) is 0 Å². The molecule has 3 heterocycles. The average molecular weight is 369 g/mol. The van der Waals surface area contributed by atoms with Crippen molar-refractivity contribution in [3.8, 4) is 17.0 Å². The van der Waals surface area contributed by atoms with Crippen LogP contribution in [0.25, 0.3) is 38.6 Å². The van der Waals surface area contributed by atoms with Gasteiger partial charge in [-0.1, -0.05) is 48.5 Å². The Bertz CT molecular complexity index is 1430. The first kappa shape index (κ1) is 16.6. The topological polar surface area (TPSA) is 48.5 Å². The van der Waals surface area contributed by atoms with Gasteiger partial charge in [0.25, 0.3) is 0 Å². The Balaban J connectivity index is 2.17. The summed E-state index contributed by atoms with van der Waals surface area (Å²) in [7, 11) is 3.42. The molecular formula is C23H19N3O2. The van der Waals surface area contributed by atoms with Crippen molar-refractivity contribution in [3.63, 3.8) is 0 Å². The van der Waals surface area contributed by atoms with Crippen LogP contribution >= 0.6 is 0 Å². The zero-order valence-electron chi connectivity index (χ0n) is 15.9. The number of hydrogen-bond acceptors (Lipinski definition) is 3. The second-order valence-electron chi connectivity index (χ2n) is 6.96. The van der Waals surface area contributed by atoms with Gasteiger partial charge >= 0.3 is 5.69 Å². The molecule has 5 rings (SSSR count). The van der Waals surface area contributed by atoms with Crippen LogP contribution in [0.1, 0.15) is 5.56 Å². The maximum atomic E-state index is 13.4. The summed E-state index contributed by atoms with van der Waals surface area (Å²) in [5, 5.41) is 1.01. The third-order valence-electron chi connectivity index (χ3n) is 5.35. The molecule has 0 fully saturated rings. The van der Waals surface area contributed by atoms with Crippen molar-refractivity contribution in [1.29, 1.82) is 0 Å². The molecular weight excluding hydrogens is 350 g/mol. The van der Waals surface area contributed by atoms with Crippen LogP contribution in [-0.2, 0) is 7.05 Å². The molecule has 5 heteroatoms. The predicted molar refractivity (Wildman–Crippen MR) is 112 cm³/mol.